The minimum Gasteiger partial charge on any atom is -0.369 e. The van der Waals surface area contributed by atoms with Crippen LogP contribution in [0.15, 0.2) is 36.4 Å². The fourth-order valence-corrected chi connectivity index (χ4v) is 4.94. The molecule has 0 aromatic heterocycles. The van der Waals surface area contributed by atoms with Gasteiger partial charge in [-0.15, -0.1) is 0 Å². The van der Waals surface area contributed by atoms with Crippen molar-refractivity contribution in [2.24, 2.45) is 11.3 Å². The van der Waals surface area contributed by atoms with Crippen LogP contribution in [0.5, 0.6) is 0 Å². The third kappa shape index (κ3) is 5.78. The number of carbonyl (C=O) groups is 2. The molecular weight excluding hydrogens is 412 g/mol. The van der Waals surface area contributed by atoms with E-state index in [9.17, 15) is 9.59 Å². The highest BCUT2D eigenvalue weighted by molar-refractivity contribution is 5.98. The standard InChI is InChI=1S/C27H42N4O2/c1-8-19(2)23-20(3)13-14-31(23)26(33)24(27(4,5)6)28-25(32)21-9-11-22(12-10-21)30-17-15-29(7)16-18-30/h9-12,20,23-24H,2,8,13-18H2,1,3-7H3,(H,28,32)/t20-,23-,24-/m1/s1. The molecule has 2 amide bonds. The Morgan fingerprint density at radius 3 is 2.24 bits per heavy atom. The first-order chi connectivity index (χ1) is 15.5. The van der Waals surface area contributed by atoms with E-state index in [1.165, 1.54) is 0 Å². The lowest BCUT2D eigenvalue weighted by molar-refractivity contribution is -0.136. The molecule has 0 unspecified atom stereocenters. The van der Waals surface area contributed by atoms with Crippen LogP contribution >= 0.6 is 0 Å². The molecule has 3 atom stereocenters. The smallest absolute Gasteiger partial charge is 0.251 e. The van der Waals surface area contributed by atoms with E-state index in [-0.39, 0.29) is 17.9 Å². The molecule has 0 saturated carbocycles. The minimum atomic E-state index is -0.597. The lowest BCUT2D eigenvalue weighted by Crippen LogP contribution is -2.56. The van der Waals surface area contributed by atoms with E-state index in [0.717, 1.165) is 50.3 Å². The summed E-state index contributed by atoms with van der Waals surface area (Å²) in [5.41, 5.74) is 2.40. The summed E-state index contributed by atoms with van der Waals surface area (Å²) in [6.45, 7) is 19.3. The Hall–Kier alpha value is -2.34. The molecule has 0 radical (unpaired) electrons. The maximum Gasteiger partial charge on any atom is 0.251 e. The first-order valence-corrected chi connectivity index (χ1v) is 12.4. The fraction of sp³-hybridized carbons (Fsp3) is 0.630. The molecule has 2 aliphatic heterocycles. The van der Waals surface area contributed by atoms with Crippen molar-refractivity contribution in [2.75, 3.05) is 44.7 Å². The molecule has 33 heavy (non-hydrogen) atoms. The molecule has 1 aromatic rings. The lowest BCUT2D eigenvalue weighted by atomic mass is 9.85. The van der Waals surface area contributed by atoms with Gasteiger partial charge in [0.25, 0.3) is 5.91 Å². The van der Waals surface area contributed by atoms with Gasteiger partial charge in [0, 0.05) is 44.0 Å². The second-order valence-corrected chi connectivity index (χ2v) is 10.9. The van der Waals surface area contributed by atoms with Gasteiger partial charge in [0.05, 0.1) is 6.04 Å². The number of benzene rings is 1. The summed E-state index contributed by atoms with van der Waals surface area (Å²) in [6.07, 6.45) is 1.82. The van der Waals surface area contributed by atoms with E-state index in [1.807, 2.05) is 49.9 Å². The average molecular weight is 455 g/mol. The fourth-order valence-electron chi connectivity index (χ4n) is 4.94. The van der Waals surface area contributed by atoms with E-state index in [1.54, 1.807) is 0 Å². The topological polar surface area (TPSA) is 55.9 Å². The zero-order chi connectivity index (χ0) is 24.3. The van der Waals surface area contributed by atoms with Crippen LogP contribution in [0.4, 0.5) is 5.69 Å². The number of likely N-dealkylation sites (tertiary alicyclic amines) is 1. The highest BCUT2D eigenvalue weighted by Crippen LogP contribution is 2.33. The number of rotatable bonds is 6. The van der Waals surface area contributed by atoms with Gasteiger partial charge in [-0.05, 0) is 55.5 Å². The zero-order valence-corrected chi connectivity index (χ0v) is 21.4. The largest absolute Gasteiger partial charge is 0.369 e. The summed E-state index contributed by atoms with van der Waals surface area (Å²) in [7, 11) is 2.14. The van der Waals surface area contributed by atoms with Gasteiger partial charge in [-0.25, -0.2) is 0 Å². The van der Waals surface area contributed by atoms with E-state index >= 15 is 0 Å². The van der Waals surface area contributed by atoms with Gasteiger partial charge in [0.2, 0.25) is 5.91 Å². The molecule has 0 aliphatic carbocycles. The van der Waals surface area contributed by atoms with Crippen LogP contribution in [0, 0.1) is 11.3 Å². The molecule has 2 heterocycles. The Morgan fingerprint density at radius 1 is 1.09 bits per heavy atom. The number of piperazine rings is 1. The van der Waals surface area contributed by atoms with Crippen molar-refractivity contribution in [2.45, 2.75) is 59.5 Å². The molecule has 0 spiro atoms. The Bertz CT molecular complexity index is 850. The number of likely N-dealkylation sites (N-methyl/N-ethyl adjacent to an activating group) is 1. The molecule has 182 valence electrons. The summed E-state index contributed by atoms with van der Waals surface area (Å²) < 4.78 is 0. The molecule has 1 aromatic carbocycles. The highest BCUT2D eigenvalue weighted by Gasteiger charge is 2.42. The van der Waals surface area contributed by atoms with E-state index in [0.29, 0.717) is 18.0 Å². The monoisotopic (exact) mass is 454 g/mol. The Kier molecular flexibility index (Phi) is 7.88. The van der Waals surface area contributed by atoms with Crippen LogP contribution in [-0.2, 0) is 4.79 Å². The number of amides is 2. The quantitative estimate of drug-likeness (QED) is 0.665. The van der Waals surface area contributed by atoms with E-state index < -0.39 is 11.5 Å². The number of hydrogen-bond acceptors (Lipinski definition) is 4. The Balaban J connectivity index is 1.73. The Morgan fingerprint density at radius 2 is 1.70 bits per heavy atom. The third-order valence-corrected chi connectivity index (χ3v) is 7.24. The van der Waals surface area contributed by atoms with Gasteiger partial charge < -0.3 is 20.0 Å². The Labute approximate surface area is 200 Å². The lowest BCUT2D eigenvalue weighted by Gasteiger charge is -2.37. The van der Waals surface area contributed by atoms with Gasteiger partial charge >= 0.3 is 0 Å². The van der Waals surface area contributed by atoms with Crippen molar-refractivity contribution in [3.05, 3.63) is 42.0 Å². The zero-order valence-electron chi connectivity index (χ0n) is 21.4. The maximum absolute atomic E-state index is 13.7. The summed E-state index contributed by atoms with van der Waals surface area (Å²) in [5, 5.41) is 3.07. The molecule has 3 rings (SSSR count). The second kappa shape index (κ2) is 10.3. The number of carbonyl (C=O) groups excluding carboxylic acids is 2. The number of hydrogen-bond donors (Lipinski definition) is 1. The summed E-state index contributed by atoms with van der Waals surface area (Å²) >= 11 is 0. The SMILES string of the molecule is C=C(CC)[C@@H]1[C@H](C)CCN1C(=O)[C@@H](NC(=O)c1ccc(N2CCN(C)CC2)cc1)C(C)(C)C. The minimum absolute atomic E-state index is 0.00569. The van der Waals surface area contributed by atoms with Crippen molar-refractivity contribution in [1.82, 2.24) is 15.1 Å². The van der Waals surface area contributed by atoms with Gasteiger partial charge in [0.15, 0.2) is 0 Å². The molecule has 0 bridgehead atoms. The summed E-state index contributed by atoms with van der Waals surface area (Å²) in [6, 6.07) is 7.21. The van der Waals surface area contributed by atoms with Crippen molar-refractivity contribution in [1.29, 1.82) is 0 Å². The molecule has 1 N–H and O–H groups in total. The first-order valence-electron chi connectivity index (χ1n) is 12.4. The summed E-state index contributed by atoms with van der Waals surface area (Å²) in [4.78, 5) is 33.5. The molecule has 6 nitrogen and oxygen atoms in total. The predicted molar refractivity (Wildman–Crippen MR) is 136 cm³/mol. The predicted octanol–water partition coefficient (Wildman–Crippen LogP) is 3.79. The van der Waals surface area contributed by atoms with Crippen LogP contribution < -0.4 is 10.2 Å². The molecule has 2 saturated heterocycles. The maximum atomic E-state index is 13.7. The van der Waals surface area contributed by atoms with Crippen LogP contribution in [0.25, 0.3) is 0 Å². The molecule has 2 aliphatic rings. The number of nitrogens with zero attached hydrogens (tertiary/aromatic N) is 3. The van der Waals surface area contributed by atoms with Crippen LogP contribution in [-0.4, -0.2) is 73.5 Å². The number of anilines is 1. The van der Waals surface area contributed by atoms with Crippen molar-refractivity contribution >= 4 is 17.5 Å². The van der Waals surface area contributed by atoms with Crippen LogP contribution in [0.3, 0.4) is 0 Å². The van der Waals surface area contributed by atoms with E-state index in [4.69, 9.17) is 0 Å². The van der Waals surface area contributed by atoms with Gasteiger partial charge in [-0.3, -0.25) is 9.59 Å². The van der Waals surface area contributed by atoms with Gasteiger partial charge in [-0.2, -0.15) is 0 Å². The first kappa shape index (κ1) is 25.3. The molecule has 6 heteroatoms. The molecule has 2 fully saturated rings. The highest BCUT2D eigenvalue weighted by atomic mass is 16.2. The number of nitrogens with one attached hydrogen (secondary N) is 1. The van der Waals surface area contributed by atoms with Crippen molar-refractivity contribution in [3.8, 4) is 0 Å². The average Bonchev–Trinajstić information content (AvgIpc) is 3.17. The van der Waals surface area contributed by atoms with Crippen LogP contribution in [0.1, 0.15) is 57.8 Å². The van der Waals surface area contributed by atoms with Crippen LogP contribution in [0.2, 0.25) is 0 Å². The third-order valence-electron chi connectivity index (χ3n) is 7.24. The van der Waals surface area contributed by atoms with E-state index in [2.05, 4.69) is 42.6 Å². The van der Waals surface area contributed by atoms with Gasteiger partial charge in [0.1, 0.15) is 6.04 Å². The molecular formula is C27H42N4O2. The van der Waals surface area contributed by atoms with Crippen molar-refractivity contribution in [3.63, 3.8) is 0 Å². The van der Waals surface area contributed by atoms with Gasteiger partial charge in [-0.1, -0.05) is 46.8 Å². The normalized spacial score (nSPS) is 22.8. The second-order valence-electron chi connectivity index (χ2n) is 10.9. The van der Waals surface area contributed by atoms with Crippen molar-refractivity contribution < 1.29 is 9.59 Å². The summed E-state index contributed by atoms with van der Waals surface area (Å²) in [5.74, 6) is 0.181.